The molecular formula is C21H25N5O2S. The second kappa shape index (κ2) is 9.09. The van der Waals surface area contributed by atoms with E-state index in [4.69, 9.17) is 4.74 Å². The average molecular weight is 412 g/mol. The van der Waals surface area contributed by atoms with E-state index in [1.54, 1.807) is 10.6 Å². The molecule has 4 rings (SSSR count). The molecule has 0 radical (unpaired) electrons. The van der Waals surface area contributed by atoms with Crippen LogP contribution in [0.15, 0.2) is 42.6 Å². The van der Waals surface area contributed by atoms with E-state index in [0.717, 1.165) is 24.0 Å². The van der Waals surface area contributed by atoms with Gasteiger partial charge in [-0.2, -0.15) is 0 Å². The summed E-state index contributed by atoms with van der Waals surface area (Å²) in [5.41, 5.74) is 1.24. The highest BCUT2D eigenvalue weighted by Crippen LogP contribution is 2.27. The maximum absolute atomic E-state index is 12.8. The highest BCUT2D eigenvalue weighted by molar-refractivity contribution is 7.17. The van der Waals surface area contributed by atoms with Gasteiger partial charge in [0.2, 0.25) is 10.3 Å². The lowest BCUT2D eigenvalue weighted by Gasteiger charge is -2.17. The predicted octanol–water partition coefficient (Wildman–Crippen LogP) is 4.36. The van der Waals surface area contributed by atoms with Crippen molar-refractivity contribution in [2.75, 3.05) is 29.9 Å². The van der Waals surface area contributed by atoms with Crippen molar-refractivity contribution in [2.45, 2.75) is 32.6 Å². The number of amides is 1. The Kier molecular flexibility index (Phi) is 6.09. The van der Waals surface area contributed by atoms with E-state index in [9.17, 15) is 4.79 Å². The topological polar surface area (TPSA) is 72.3 Å². The summed E-state index contributed by atoms with van der Waals surface area (Å²) in [6.07, 6.45) is 6.77. The number of nitrogens with one attached hydrogen (secondary N) is 1. The standard InChI is InChI=1S/C21H25N5O2S/c1-2-28-17-11-9-16(10-12-17)22-19(27)18-8-7-15-26(18)21-24-23-20(29-21)25-13-5-3-4-6-14-25/h7-12,15H,2-6,13-14H2,1H3,(H,22,27). The summed E-state index contributed by atoms with van der Waals surface area (Å²) in [5.74, 6) is 0.592. The molecule has 1 fully saturated rings. The molecule has 1 saturated heterocycles. The minimum atomic E-state index is -0.189. The van der Waals surface area contributed by atoms with Gasteiger partial charge < -0.3 is 15.0 Å². The van der Waals surface area contributed by atoms with Crippen LogP contribution in [0.25, 0.3) is 5.13 Å². The first kappa shape index (κ1) is 19.4. The average Bonchev–Trinajstić information content (AvgIpc) is 3.33. The van der Waals surface area contributed by atoms with Gasteiger partial charge in [0.1, 0.15) is 11.4 Å². The van der Waals surface area contributed by atoms with E-state index in [-0.39, 0.29) is 5.91 Å². The fraction of sp³-hybridized carbons (Fsp3) is 0.381. The summed E-state index contributed by atoms with van der Waals surface area (Å²) in [6, 6.07) is 11.0. The van der Waals surface area contributed by atoms with Gasteiger partial charge in [0, 0.05) is 25.0 Å². The van der Waals surface area contributed by atoms with Crippen LogP contribution in [0.1, 0.15) is 43.1 Å². The zero-order valence-corrected chi connectivity index (χ0v) is 17.3. The molecule has 1 aliphatic rings. The van der Waals surface area contributed by atoms with Crippen LogP contribution in [-0.2, 0) is 0 Å². The molecule has 0 saturated carbocycles. The summed E-state index contributed by atoms with van der Waals surface area (Å²) in [7, 11) is 0. The Hall–Kier alpha value is -2.87. The number of hydrogen-bond acceptors (Lipinski definition) is 6. The molecule has 7 nitrogen and oxygen atoms in total. The number of carbonyl (C=O) groups is 1. The van der Waals surface area contributed by atoms with Gasteiger partial charge >= 0.3 is 0 Å². The number of carbonyl (C=O) groups excluding carboxylic acids is 1. The molecule has 1 N–H and O–H groups in total. The van der Waals surface area contributed by atoms with E-state index in [1.807, 2.05) is 43.5 Å². The zero-order chi connectivity index (χ0) is 20.1. The van der Waals surface area contributed by atoms with Crippen molar-refractivity contribution >= 4 is 28.1 Å². The van der Waals surface area contributed by atoms with Crippen LogP contribution in [0.5, 0.6) is 5.75 Å². The van der Waals surface area contributed by atoms with Crippen LogP contribution < -0.4 is 15.0 Å². The molecule has 0 spiro atoms. The number of benzene rings is 1. The molecule has 1 amide bonds. The summed E-state index contributed by atoms with van der Waals surface area (Å²) >= 11 is 1.52. The Morgan fingerprint density at radius 3 is 2.52 bits per heavy atom. The number of nitrogens with zero attached hydrogens (tertiary/aromatic N) is 4. The van der Waals surface area contributed by atoms with Gasteiger partial charge in [-0.05, 0) is 56.2 Å². The third-order valence-corrected chi connectivity index (χ3v) is 5.87. The number of rotatable bonds is 6. The van der Waals surface area contributed by atoms with Crippen LogP contribution in [0, 0.1) is 0 Å². The van der Waals surface area contributed by atoms with Crippen molar-refractivity contribution in [3.63, 3.8) is 0 Å². The van der Waals surface area contributed by atoms with Crippen molar-refractivity contribution in [3.05, 3.63) is 48.3 Å². The summed E-state index contributed by atoms with van der Waals surface area (Å²) in [6.45, 7) is 4.59. The van der Waals surface area contributed by atoms with Crippen LogP contribution in [-0.4, -0.2) is 40.4 Å². The molecule has 8 heteroatoms. The van der Waals surface area contributed by atoms with E-state index in [2.05, 4.69) is 20.4 Å². The lowest BCUT2D eigenvalue weighted by Crippen LogP contribution is -2.23. The van der Waals surface area contributed by atoms with Crippen LogP contribution in [0.2, 0.25) is 0 Å². The Morgan fingerprint density at radius 1 is 1.07 bits per heavy atom. The maximum atomic E-state index is 12.8. The van der Waals surface area contributed by atoms with Crippen LogP contribution in [0.3, 0.4) is 0 Å². The van der Waals surface area contributed by atoms with Gasteiger partial charge in [-0.1, -0.05) is 24.2 Å². The summed E-state index contributed by atoms with van der Waals surface area (Å²) in [5, 5.41) is 13.3. The van der Waals surface area contributed by atoms with Gasteiger partial charge in [0.05, 0.1) is 6.61 Å². The number of anilines is 2. The quantitative estimate of drug-likeness (QED) is 0.652. The Balaban J connectivity index is 1.48. The third-order valence-electron chi connectivity index (χ3n) is 4.89. The number of hydrogen-bond donors (Lipinski definition) is 1. The smallest absolute Gasteiger partial charge is 0.272 e. The molecule has 152 valence electrons. The third kappa shape index (κ3) is 4.59. The minimum absolute atomic E-state index is 0.189. The van der Waals surface area contributed by atoms with E-state index in [0.29, 0.717) is 23.1 Å². The molecule has 0 aliphatic carbocycles. The van der Waals surface area contributed by atoms with Gasteiger partial charge in [-0.3, -0.25) is 9.36 Å². The molecule has 1 aliphatic heterocycles. The second-order valence-corrected chi connectivity index (χ2v) is 7.88. The van der Waals surface area contributed by atoms with Gasteiger partial charge in [-0.25, -0.2) is 0 Å². The minimum Gasteiger partial charge on any atom is -0.494 e. The summed E-state index contributed by atoms with van der Waals surface area (Å²) in [4.78, 5) is 15.1. The van der Waals surface area contributed by atoms with Crippen molar-refractivity contribution in [1.29, 1.82) is 0 Å². The van der Waals surface area contributed by atoms with Crippen molar-refractivity contribution in [3.8, 4) is 10.9 Å². The van der Waals surface area contributed by atoms with E-state index in [1.165, 1.54) is 37.0 Å². The highest BCUT2D eigenvalue weighted by Gasteiger charge is 2.18. The molecule has 29 heavy (non-hydrogen) atoms. The Morgan fingerprint density at radius 2 is 1.79 bits per heavy atom. The predicted molar refractivity (Wildman–Crippen MR) is 115 cm³/mol. The van der Waals surface area contributed by atoms with Crippen molar-refractivity contribution in [1.82, 2.24) is 14.8 Å². The largest absolute Gasteiger partial charge is 0.494 e. The first-order chi connectivity index (χ1) is 14.2. The van der Waals surface area contributed by atoms with E-state index < -0.39 is 0 Å². The first-order valence-electron chi connectivity index (χ1n) is 10.0. The van der Waals surface area contributed by atoms with Crippen molar-refractivity contribution in [2.24, 2.45) is 0 Å². The second-order valence-electron chi connectivity index (χ2n) is 6.94. The first-order valence-corrected chi connectivity index (χ1v) is 10.9. The normalized spacial score (nSPS) is 14.4. The summed E-state index contributed by atoms with van der Waals surface area (Å²) < 4.78 is 7.24. The fourth-order valence-corrected chi connectivity index (χ4v) is 4.32. The van der Waals surface area contributed by atoms with E-state index >= 15 is 0 Å². The van der Waals surface area contributed by atoms with Crippen LogP contribution >= 0.6 is 11.3 Å². The van der Waals surface area contributed by atoms with Gasteiger partial charge in [-0.15, -0.1) is 10.2 Å². The van der Waals surface area contributed by atoms with Crippen LogP contribution in [0.4, 0.5) is 10.8 Å². The zero-order valence-electron chi connectivity index (χ0n) is 16.5. The monoisotopic (exact) mass is 411 g/mol. The number of ether oxygens (including phenoxy) is 1. The Bertz CT molecular complexity index is 942. The fourth-order valence-electron chi connectivity index (χ4n) is 3.42. The number of aromatic nitrogens is 3. The SMILES string of the molecule is CCOc1ccc(NC(=O)c2cccn2-c2nnc(N3CCCCCC3)s2)cc1. The Labute approximate surface area is 174 Å². The molecule has 2 aromatic heterocycles. The molecule has 0 unspecified atom stereocenters. The highest BCUT2D eigenvalue weighted by atomic mass is 32.1. The molecular weight excluding hydrogens is 386 g/mol. The lowest BCUT2D eigenvalue weighted by molar-refractivity contribution is 0.102. The van der Waals surface area contributed by atoms with Gasteiger partial charge in [0.25, 0.3) is 5.91 Å². The van der Waals surface area contributed by atoms with Gasteiger partial charge in [0.15, 0.2) is 0 Å². The molecule has 3 aromatic rings. The molecule has 0 bridgehead atoms. The molecule has 3 heterocycles. The van der Waals surface area contributed by atoms with Crippen molar-refractivity contribution < 1.29 is 9.53 Å². The maximum Gasteiger partial charge on any atom is 0.272 e. The lowest BCUT2D eigenvalue weighted by atomic mass is 10.2. The molecule has 1 aromatic carbocycles. The molecule has 0 atom stereocenters.